The second kappa shape index (κ2) is 11.1. The van der Waals surface area contributed by atoms with Crippen molar-refractivity contribution >= 4 is 57.2 Å². The van der Waals surface area contributed by atoms with E-state index < -0.39 is 0 Å². The van der Waals surface area contributed by atoms with E-state index in [4.69, 9.17) is 14.5 Å². The fourth-order valence-corrected chi connectivity index (χ4v) is 4.64. The number of nitrogens with one attached hydrogen (secondary N) is 1. The Kier molecular flexibility index (Phi) is 9.47. The molecule has 0 aliphatic carbocycles. The van der Waals surface area contributed by atoms with Crippen LogP contribution in [0, 0.1) is 0 Å². The van der Waals surface area contributed by atoms with Gasteiger partial charge in [0.25, 0.3) is 0 Å². The maximum atomic E-state index is 5.94. The topological polar surface area (TPSA) is 46.1 Å². The molecule has 2 atom stereocenters. The van der Waals surface area contributed by atoms with E-state index in [-0.39, 0.29) is 36.2 Å². The van der Waals surface area contributed by atoms with Crippen LogP contribution in [-0.4, -0.2) is 62.5 Å². The number of hydrogen-bond donors (Lipinski definition) is 1. The molecule has 0 radical (unpaired) electrons. The van der Waals surface area contributed by atoms with E-state index in [1.165, 1.54) is 8.66 Å². The Morgan fingerprint density at radius 3 is 2.88 bits per heavy atom. The lowest BCUT2D eigenvalue weighted by molar-refractivity contribution is -0.0817. The summed E-state index contributed by atoms with van der Waals surface area (Å²) in [5, 5.41) is 3.43. The number of rotatable bonds is 5. The number of ether oxygens (including phenoxy) is 2. The van der Waals surface area contributed by atoms with Gasteiger partial charge in [0.1, 0.15) is 6.10 Å². The van der Waals surface area contributed by atoms with Crippen LogP contribution in [-0.2, 0) is 15.9 Å². The molecule has 5 nitrogen and oxygen atoms in total. The van der Waals surface area contributed by atoms with Crippen molar-refractivity contribution in [2.75, 3.05) is 39.4 Å². The highest BCUT2D eigenvalue weighted by atomic mass is 127. The first-order chi connectivity index (χ1) is 11.8. The molecule has 2 unspecified atom stereocenters. The molecule has 142 valence electrons. The van der Waals surface area contributed by atoms with Crippen molar-refractivity contribution in [2.45, 2.75) is 38.4 Å². The Balaban J connectivity index is 0.00000225. The maximum Gasteiger partial charge on any atom is 0.194 e. The zero-order valence-corrected chi connectivity index (χ0v) is 19.3. The maximum absolute atomic E-state index is 5.94. The highest BCUT2D eigenvalue weighted by Crippen LogP contribution is 2.23. The molecule has 0 saturated carbocycles. The summed E-state index contributed by atoms with van der Waals surface area (Å²) in [4.78, 5) is 8.51. The Morgan fingerprint density at radius 2 is 2.20 bits per heavy atom. The van der Waals surface area contributed by atoms with Crippen LogP contribution in [0.5, 0.6) is 0 Å². The molecular weight excluding hydrogens is 517 g/mol. The predicted octanol–water partition coefficient (Wildman–Crippen LogP) is 3.52. The standard InChI is InChI=1S/C17H26BrN3O2S.HI/c1-2-19-17(20-8-7-13-5-6-16(18)24-13)21-9-11-23-15(12-21)14-4-3-10-22-14;/h5-6,14-15H,2-4,7-12H2,1H3,(H,19,20);1H. The van der Waals surface area contributed by atoms with Crippen LogP contribution in [0.25, 0.3) is 0 Å². The van der Waals surface area contributed by atoms with Gasteiger partial charge in [-0.05, 0) is 47.8 Å². The van der Waals surface area contributed by atoms with Gasteiger partial charge in [0.2, 0.25) is 0 Å². The highest BCUT2D eigenvalue weighted by molar-refractivity contribution is 14.0. The molecule has 2 fully saturated rings. The number of hydrogen-bond acceptors (Lipinski definition) is 4. The number of nitrogens with zero attached hydrogens (tertiary/aromatic N) is 2. The molecule has 2 aliphatic rings. The summed E-state index contributed by atoms with van der Waals surface area (Å²) in [6.45, 7) is 7.16. The molecule has 0 aromatic carbocycles. The highest BCUT2D eigenvalue weighted by Gasteiger charge is 2.32. The minimum absolute atomic E-state index is 0. The summed E-state index contributed by atoms with van der Waals surface area (Å²) in [7, 11) is 0. The monoisotopic (exact) mass is 543 g/mol. The lowest BCUT2D eigenvalue weighted by atomic mass is 10.1. The van der Waals surface area contributed by atoms with Crippen LogP contribution < -0.4 is 5.32 Å². The first kappa shape index (κ1) is 21.4. The molecule has 1 N–H and O–H groups in total. The number of morpholine rings is 1. The number of halogens is 2. The molecule has 1 aromatic rings. The van der Waals surface area contributed by atoms with Gasteiger partial charge in [-0.1, -0.05) is 0 Å². The van der Waals surface area contributed by atoms with Gasteiger partial charge in [-0.3, -0.25) is 4.99 Å². The summed E-state index contributed by atoms with van der Waals surface area (Å²) in [6, 6.07) is 4.27. The zero-order valence-electron chi connectivity index (χ0n) is 14.6. The van der Waals surface area contributed by atoms with Crippen molar-refractivity contribution < 1.29 is 9.47 Å². The van der Waals surface area contributed by atoms with Gasteiger partial charge in [-0.15, -0.1) is 35.3 Å². The Bertz CT molecular complexity index is 552. The van der Waals surface area contributed by atoms with Crippen LogP contribution in [0.15, 0.2) is 20.9 Å². The Hall–Kier alpha value is 0.1000. The number of guanidine groups is 1. The van der Waals surface area contributed by atoms with Crippen molar-refractivity contribution in [3.05, 3.63) is 20.8 Å². The summed E-state index contributed by atoms with van der Waals surface area (Å²) < 4.78 is 12.9. The van der Waals surface area contributed by atoms with E-state index in [2.05, 4.69) is 45.2 Å². The third-order valence-corrected chi connectivity index (χ3v) is 6.04. The Labute approximate surface area is 179 Å². The molecular formula is C17H27BrIN3O2S. The molecule has 25 heavy (non-hydrogen) atoms. The van der Waals surface area contributed by atoms with Gasteiger partial charge in [0.15, 0.2) is 5.96 Å². The quantitative estimate of drug-likeness (QED) is 0.351. The van der Waals surface area contributed by atoms with Crippen LogP contribution in [0.3, 0.4) is 0 Å². The SMILES string of the molecule is CCNC(=NCCc1ccc(Br)s1)N1CCOC(C2CCCO2)C1.I. The van der Waals surface area contributed by atoms with E-state index in [1.54, 1.807) is 11.3 Å². The average Bonchev–Trinajstić information content (AvgIpc) is 3.26. The molecule has 3 rings (SSSR count). The molecule has 0 bridgehead atoms. The molecule has 3 heterocycles. The third-order valence-electron chi connectivity index (χ3n) is 4.36. The largest absolute Gasteiger partial charge is 0.375 e. The van der Waals surface area contributed by atoms with Crippen LogP contribution in [0.2, 0.25) is 0 Å². The average molecular weight is 544 g/mol. The van der Waals surface area contributed by atoms with Gasteiger partial charge >= 0.3 is 0 Å². The van der Waals surface area contributed by atoms with Crippen molar-refractivity contribution in [1.29, 1.82) is 0 Å². The van der Waals surface area contributed by atoms with E-state index >= 15 is 0 Å². The molecule has 1 aromatic heterocycles. The van der Waals surface area contributed by atoms with Crippen molar-refractivity contribution in [2.24, 2.45) is 4.99 Å². The molecule has 2 saturated heterocycles. The number of thiophene rings is 1. The second-order valence-electron chi connectivity index (χ2n) is 6.10. The van der Waals surface area contributed by atoms with Crippen molar-refractivity contribution in [1.82, 2.24) is 10.2 Å². The first-order valence-corrected chi connectivity index (χ1v) is 10.4. The Morgan fingerprint density at radius 1 is 1.36 bits per heavy atom. The fourth-order valence-electron chi connectivity index (χ4n) is 3.17. The van der Waals surface area contributed by atoms with Gasteiger partial charge < -0.3 is 19.7 Å². The minimum Gasteiger partial charge on any atom is -0.375 e. The van der Waals surface area contributed by atoms with Gasteiger partial charge in [0.05, 0.1) is 16.5 Å². The summed E-state index contributed by atoms with van der Waals surface area (Å²) >= 11 is 5.30. The zero-order chi connectivity index (χ0) is 16.8. The number of aliphatic imine (C=N–C) groups is 1. The van der Waals surface area contributed by atoms with Crippen LogP contribution >= 0.6 is 51.2 Å². The molecule has 2 aliphatic heterocycles. The summed E-state index contributed by atoms with van der Waals surface area (Å²) in [6.07, 6.45) is 3.65. The fraction of sp³-hybridized carbons (Fsp3) is 0.706. The van der Waals surface area contributed by atoms with Gasteiger partial charge in [-0.25, -0.2) is 0 Å². The van der Waals surface area contributed by atoms with E-state index in [0.29, 0.717) is 0 Å². The lowest BCUT2D eigenvalue weighted by Gasteiger charge is -2.37. The van der Waals surface area contributed by atoms with Crippen LogP contribution in [0.4, 0.5) is 0 Å². The van der Waals surface area contributed by atoms with E-state index in [0.717, 1.165) is 64.6 Å². The lowest BCUT2D eigenvalue weighted by Crippen LogP contribution is -2.53. The third kappa shape index (κ3) is 6.34. The van der Waals surface area contributed by atoms with E-state index in [9.17, 15) is 0 Å². The minimum atomic E-state index is 0. The second-order valence-corrected chi connectivity index (χ2v) is 8.65. The van der Waals surface area contributed by atoms with Gasteiger partial charge in [0, 0.05) is 44.1 Å². The summed E-state index contributed by atoms with van der Waals surface area (Å²) in [5.74, 6) is 0.999. The smallest absolute Gasteiger partial charge is 0.194 e. The first-order valence-electron chi connectivity index (χ1n) is 8.77. The van der Waals surface area contributed by atoms with Crippen LogP contribution in [0.1, 0.15) is 24.6 Å². The molecule has 0 amide bonds. The summed E-state index contributed by atoms with van der Waals surface area (Å²) in [5.41, 5.74) is 0. The molecule has 8 heteroatoms. The van der Waals surface area contributed by atoms with Crippen molar-refractivity contribution in [3.63, 3.8) is 0 Å². The van der Waals surface area contributed by atoms with Gasteiger partial charge in [-0.2, -0.15) is 0 Å². The molecule has 0 spiro atoms. The predicted molar refractivity (Wildman–Crippen MR) is 117 cm³/mol. The van der Waals surface area contributed by atoms with E-state index in [1.807, 2.05) is 0 Å². The normalized spacial score (nSPS) is 24.2. The van der Waals surface area contributed by atoms with Crippen molar-refractivity contribution in [3.8, 4) is 0 Å².